The average molecular weight is 246 g/mol. The van der Waals surface area contributed by atoms with Crippen LogP contribution >= 0.6 is 0 Å². The van der Waals surface area contributed by atoms with Gasteiger partial charge in [-0.3, -0.25) is 14.2 Å². The first-order chi connectivity index (χ1) is 8.75. The molecule has 18 heavy (non-hydrogen) atoms. The van der Waals surface area contributed by atoms with Gasteiger partial charge in [-0.25, -0.2) is 0 Å². The van der Waals surface area contributed by atoms with Crippen molar-refractivity contribution in [2.75, 3.05) is 13.2 Å². The number of nitrogens with zero attached hydrogens (tertiary/aromatic N) is 1. The predicted octanol–water partition coefficient (Wildman–Crippen LogP) is 0.297. The van der Waals surface area contributed by atoms with E-state index >= 15 is 0 Å². The second-order valence-electron chi connectivity index (χ2n) is 3.79. The highest BCUT2D eigenvalue weighted by Gasteiger charge is 2.13. The smallest absolute Gasteiger partial charge is 0.320 e. The fraction of sp³-hybridized carbons (Fsp3) is 0.167. The molecule has 1 aromatic heterocycles. The molecule has 1 N–H and O–H groups in total. The minimum atomic E-state index is -0.660. The van der Waals surface area contributed by atoms with Crippen LogP contribution in [0.25, 0.3) is 5.69 Å². The van der Waals surface area contributed by atoms with Crippen LogP contribution in [-0.2, 0) is 0 Å². The van der Waals surface area contributed by atoms with Crippen LogP contribution in [0, 0.1) is 0 Å². The number of hydrogen-bond donors (Lipinski definition) is 1. The average Bonchev–Trinajstić information content (AvgIpc) is 2.41. The first-order valence-electron chi connectivity index (χ1n) is 5.46. The van der Waals surface area contributed by atoms with Gasteiger partial charge in [-0.2, -0.15) is 0 Å². The van der Waals surface area contributed by atoms with Crippen LogP contribution in [-0.4, -0.2) is 22.8 Å². The van der Waals surface area contributed by atoms with Crippen LogP contribution in [0.2, 0.25) is 0 Å². The Morgan fingerprint density at radius 2 is 1.89 bits per heavy atom. The fourth-order valence-electron chi connectivity index (χ4n) is 1.81. The molecule has 2 heterocycles. The van der Waals surface area contributed by atoms with E-state index < -0.39 is 11.1 Å². The molecule has 3 rings (SSSR count). The van der Waals surface area contributed by atoms with E-state index in [1.54, 1.807) is 18.2 Å². The fourth-order valence-corrected chi connectivity index (χ4v) is 1.81. The van der Waals surface area contributed by atoms with E-state index in [4.69, 9.17) is 9.47 Å². The molecule has 0 bridgehead atoms. The lowest BCUT2D eigenvalue weighted by Crippen LogP contribution is -2.34. The summed E-state index contributed by atoms with van der Waals surface area (Å²) in [5.74, 6) is 1.22. The molecule has 6 heteroatoms. The normalized spacial score (nSPS) is 13.3. The van der Waals surface area contributed by atoms with Crippen LogP contribution in [0.4, 0.5) is 0 Å². The number of aromatic nitrogens is 2. The topological polar surface area (TPSA) is 73.3 Å². The maximum atomic E-state index is 11.7. The molecule has 2 aromatic rings. The first-order valence-corrected chi connectivity index (χ1v) is 5.46. The van der Waals surface area contributed by atoms with E-state index in [2.05, 4.69) is 4.98 Å². The highest BCUT2D eigenvalue weighted by molar-refractivity contribution is 5.49. The lowest BCUT2D eigenvalue weighted by Gasteiger charge is -2.19. The van der Waals surface area contributed by atoms with E-state index in [1.807, 2.05) is 0 Å². The monoisotopic (exact) mass is 246 g/mol. The summed E-state index contributed by atoms with van der Waals surface area (Å²) in [5, 5.41) is 0. The summed E-state index contributed by atoms with van der Waals surface area (Å²) in [4.78, 5) is 25.3. The van der Waals surface area contributed by atoms with Gasteiger partial charge in [-0.05, 0) is 12.1 Å². The Balaban J connectivity index is 2.15. The van der Waals surface area contributed by atoms with Crippen molar-refractivity contribution in [2.45, 2.75) is 0 Å². The molecule has 0 unspecified atom stereocenters. The molecule has 1 aliphatic heterocycles. The van der Waals surface area contributed by atoms with Gasteiger partial charge < -0.3 is 14.5 Å². The quantitative estimate of drug-likeness (QED) is 0.734. The highest BCUT2D eigenvalue weighted by Crippen LogP contribution is 2.31. The second-order valence-corrected chi connectivity index (χ2v) is 3.79. The van der Waals surface area contributed by atoms with Crippen molar-refractivity contribution in [3.63, 3.8) is 0 Å². The van der Waals surface area contributed by atoms with Gasteiger partial charge in [0.25, 0.3) is 0 Å². The molecule has 1 aliphatic rings. The minimum absolute atomic E-state index is 0.473. The van der Waals surface area contributed by atoms with Gasteiger partial charge in [0.1, 0.15) is 13.2 Å². The van der Waals surface area contributed by atoms with E-state index in [9.17, 15) is 9.59 Å². The molecule has 0 saturated carbocycles. The minimum Gasteiger partial charge on any atom is -0.486 e. The van der Waals surface area contributed by atoms with Crippen molar-refractivity contribution in [3.05, 3.63) is 51.3 Å². The molecule has 92 valence electrons. The molecule has 0 radical (unpaired) electrons. The van der Waals surface area contributed by atoms with Crippen LogP contribution < -0.4 is 20.6 Å². The lowest BCUT2D eigenvalue weighted by molar-refractivity contribution is 0.171. The molecule has 1 aromatic carbocycles. The zero-order valence-corrected chi connectivity index (χ0v) is 9.38. The first kappa shape index (κ1) is 10.6. The summed E-state index contributed by atoms with van der Waals surface area (Å²) in [5.41, 5.74) is -0.725. The van der Waals surface area contributed by atoms with Gasteiger partial charge in [0.15, 0.2) is 11.5 Å². The van der Waals surface area contributed by atoms with Crippen LogP contribution in [0.5, 0.6) is 11.5 Å². The Morgan fingerprint density at radius 1 is 1.11 bits per heavy atom. The van der Waals surface area contributed by atoms with Crippen LogP contribution in [0.15, 0.2) is 40.2 Å². The summed E-state index contributed by atoms with van der Waals surface area (Å²) in [7, 11) is 0. The van der Waals surface area contributed by atoms with Crippen molar-refractivity contribution in [1.82, 2.24) is 9.55 Å². The molecular weight excluding hydrogens is 236 g/mol. The van der Waals surface area contributed by atoms with Crippen molar-refractivity contribution >= 4 is 0 Å². The standard InChI is InChI=1S/C12H10N2O4/c15-11-12(16)14(4-3-13-11)8-1-2-9-10(7-8)18-6-5-17-9/h1-4,7H,5-6H2,(H,13,15). The van der Waals surface area contributed by atoms with Gasteiger partial charge in [0, 0.05) is 18.5 Å². The zero-order chi connectivity index (χ0) is 12.5. The van der Waals surface area contributed by atoms with Gasteiger partial charge >= 0.3 is 11.1 Å². The molecule has 0 amide bonds. The Bertz CT molecular complexity index is 702. The summed E-state index contributed by atoms with van der Waals surface area (Å²) < 4.78 is 12.1. The van der Waals surface area contributed by atoms with Crippen LogP contribution in [0.3, 0.4) is 0 Å². The van der Waals surface area contributed by atoms with Gasteiger partial charge in [0.2, 0.25) is 0 Å². The van der Waals surface area contributed by atoms with E-state index in [0.29, 0.717) is 30.4 Å². The van der Waals surface area contributed by atoms with Crippen molar-refractivity contribution < 1.29 is 9.47 Å². The number of hydrogen-bond acceptors (Lipinski definition) is 4. The third-order valence-corrected chi connectivity index (χ3v) is 2.66. The van der Waals surface area contributed by atoms with Gasteiger partial charge in [-0.15, -0.1) is 0 Å². The summed E-state index contributed by atoms with van der Waals surface area (Å²) in [6, 6.07) is 5.10. The number of rotatable bonds is 1. The molecule has 0 fully saturated rings. The maximum absolute atomic E-state index is 11.7. The summed E-state index contributed by atoms with van der Waals surface area (Å²) in [6.45, 7) is 0.984. The number of nitrogens with one attached hydrogen (secondary N) is 1. The molecule has 0 spiro atoms. The lowest BCUT2D eigenvalue weighted by atomic mass is 10.2. The molecule has 6 nitrogen and oxygen atoms in total. The Morgan fingerprint density at radius 3 is 2.72 bits per heavy atom. The second kappa shape index (κ2) is 4.06. The molecule has 0 aliphatic carbocycles. The highest BCUT2D eigenvalue weighted by atomic mass is 16.6. The van der Waals surface area contributed by atoms with Crippen molar-refractivity contribution in [2.24, 2.45) is 0 Å². The molecule has 0 atom stereocenters. The number of benzene rings is 1. The molecular formula is C12H10N2O4. The van der Waals surface area contributed by atoms with Crippen LogP contribution in [0.1, 0.15) is 0 Å². The number of H-pyrrole nitrogens is 1. The Kier molecular flexibility index (Phi) is 2.40. The Hall–Kier alpha value is -2.50. The number of ether oxygens (including phenoxy) is 2. The number of fused-ring (bicyclic) bond motifs is 1. The Labute approximate surface area is 101 Å². The van der Waals surface area contributed by atoms with E-state index in [0.717, 1.165) is 0 Å². The third-order valence-electron chi connectivity index (χ3n) is 2.66. The van der Waals surface area contributed by atoms with Crippen molar-refractivity contribution in [3.8, 4) is 17.2 Å². The van der Waals surface area contributed by atoms with Crippen molar-refractivity contribution in [1.29, 1.82) is 0 Å². The maximum Gasteiger partial charge on any atom is 0.320 e. The van der Waals surface area contributed by atoms with Gasteiger partial charge in [0.05, 0.1) is 5.69 Å². The zero-order valence-electron chi connectivity index (χ0n) is 9.38. The predicted molar refractivity (Wildman–Crippen MR) is 63.6 cm³/mol. The third kappa shape index (κ3) is 1.67. The SMILES string of the molecule is O=c1[nH]ccn(-c2ccc3c(c2)OCCO3)c1=O. The summed E-state index contributed by atoms with van der Waals surface area (Å²) in [6.07, 6.45) is 2.91. The number of aromatic amines is 1. The summed E-state index contributed by atoms with van der Waals surface area (Å²) >= 11 is 0. The van der Waals surface area contributed by atoms with E-state index in [-0.39, 0.29) is 0 Å². The van der Waals surface area contributed by atoms with E-state index in [1.165, 1.54) is 17.0 Å². The molecule has 0 saturated heterocycles. The van der Waals surface area contributed by atoms with Gasteiger partial charge in [-0.1, -0.05) is 0 Å². The largest absolute Gasteiger partial charge is 0.486 e.